The lowest BCUT2D eigenvalue weighted by molar-refractivity contribution is 0.106. The monoisotopic (exact) mass is 175 g/mol. The third-order valence-electron chi connectivity index (χ3n) is 1.81. The number of amidine groups is 1. The maximum absolute atomic E-state index is 11.6. The average molecular weight is 175 g/mol. The fourth-order valence-electron chi connectivity index (χ4n) is 1.18. The molecule has 13 heavy (non-hydrogen) atoms. The summed E-state index contributed by atoms with van der Waals surface area (Å²) in [6.45, 7) is 1.43. The van der Waals surface area contributed by atoms with Crippen LogP contribution in [0.4, 0.5) is 0 Å². The maximum atomic E-state index is 11.6. The molecular formula is C9H9N3O. The van der Waals surface area contributed by atoms with E-state index in [1.807, 2.05) is 0 Å². The molecule has 1 aliphatic rings. The molecular weight excluding hydrogens is 166 g/mol. The number of aromatic nitrogens is 1. The number of aliphatic imine (C=N–C) groups is 1. The van der Waals surface area contributed by atoms with E-state index in [4.69, 9.17) is 0 Å². The minimum Gasteiger partial charge on any atom is -0.365 e. The largest absolute Gasteiger partial charge is 0.365 e. The van der Waals surface area contributed by atoms with Gasteiger partial charge in [-0.25, -0.2) is 0 Å². The molecule has 1 aliphatic heterocycles. The van der Waals surface area contributed by atoms with Gasteiger partial charge in [0, 0.05) is 24.5 Å². The van der Waals surface area contributed by atoms with Crippen molar-refractivity contribution < 1.29 is 4.79 Å². The Bertz CT molecular complexity index is 345. The molecule has 66 valence electrons. The quantitative estimate of drug-likeness (QED) is 0.656. The van der Waals surface area contributed by atoms with Gasteiger partial charge in [-0.05, 0) is 12.1 Å². The number of hydrogen-bond donors (Lipinski definition) is 1. The second-order valence-corrected chi connectivity index (χ2v) is 2.73. The van der Waals surface area contributed by atoms with Crippen LogP contribution in [0.15, 0.2) is 29.5 Å². The van der Waals surface area contributed by atoms with Gasteiger partial charge < -0.3 is 5.32 Å². The Morgan fingerprint density at radius 1 is 1.54 bits per heavy atom. The number of ketones is 1. The van der Waals surface area contributed by atoms with Crippen LogP contribution in [-0.2, 0) is 0 Å². The molecule has 0 aliphatic carbocycles. The number of Topliss-reactive ketones (excluding diaryl/α,β-unsaturated/α-hetero) is 1. The van der Waals surface area contributed by atoms with Gasteiger partial charge in [0.05, 0.1) is 6.54 Å². The summed E-state index contributed by atoms with van der Waals surface area (Å²) in [4.78, 5) is 19.5. The van der Waals surface area contributed by atoms with Gasteiger partial charge in [0.2, 0.25) is 5.78 Å². The Kier molecular flexibility index (Phi) is 2.04. The summed E-state index contributed by atoms with van der Waals surface area (Å²) in [6.07, 6.45) is 3.19. The summed E-state index contributed by atoms with van der Waals surface area (Å²) in [5.41, 5.74) is 0.579. The molecule has 1 aromatic rings. The van der Waals surface area contributed by atoms with E-state index in [9.17, 15) is 4.79 Å². The predicted octanol–water partition coefficient (Wildman–Crippen LogP) is 0.266. The highest BCUT2D eigenvalue weighted by molar-refractivity contribution is 6.45. The van der Waals surface area contributed by atoms with E-state index in [0.717, 1.165) is 6.54 Å². The van der Waals surface area contributed by atoms with Gasteiger partial charge >= 0.3 is 0 Å². The summed E-state index contributed by atoms with van der Waals surface area (Å²) in [5.74, 6) is 0.374. The Hall–Kier alpha value is -1.71. The summed E-state index contributed by atoms with van der Waals surface area (Å²) in [5, 5.41) is 2.93. The molecule has 0 saturated carbocycles. The van der Waals surface area contributed by atoms with Crippen LogP contribution in [0.3, 0.4) is 0 Å². The van der Waals surface area contributed by atoms with Crippen LogP contribution in [-0.4, -0.2) is 29.7 Å². The zero-order chi connectivity index (χ0) is 9.10. The fraction of sp³-hybridized carbons (Fsp3) is 0.222. The highest BCUT2D eigenvalue weighted by Gasteiger charge is 2.16. The van der Waals surface area contributed by atoms with Crippen molar-refractivity contribution in [3.8, 4) is 0 Å². The molecule has 1 aromatic heterocycles. The van der Waals surface area contributed by atoms with E-state index >= 15 is 0 Å². The average Bonchev–Trinajstić information content (AvgIpc) is 2.71. The molecule has 0 aromatic carbocycles. The second kappa shape index (κ2) is 3.35. The Morgan fingerprint density at radius 2 is 2.46 bits per heavy atom. The van der Waals surface area contributed by atoms with Gasteiger partial charge in [0.25, 0.3) is 0 Å². The van der Waals surface area contributed by atoms with E-state index in [0.29, 0.717) is 17.9 Å². The van der Waals surface area contributed by atoms with Crippen LogP contribution in [0.2, 0.25) is 0 Å². The van der Waals surface area contributed by atoms with Gasteiger partial charge in [0.1, 0.15) is 0 Å². The molecule has 2 rings (SSSR count). The van der Waals surface area contributed by atoms with Crippen molar-refractivity contribution >= 4 is 11.6 Å². The molecule has 0 bridgehead atoms. The number of pyridine rings is 1. The van der Waals surface area contributed by atoms with Crippen molar-refractivity contribution in [3.63, 3.8) is 0 Å². The summed E-state index contributed by atoms with van der Waals surface area (Å²) in [6, 6.07) is 3.47. The smallest absolute Gasteiger partial charge is 0.229 e. The van der Waals surface area contributed by atoms with Gasteiger partial charge in [-0.3, -0.25) is 14.8 Å². The van der Waals surface area contributed by atoms with Crippen LogP contribution >= 0.6 is 0 Å². The van der Waals surface area contributed by atoms with E-state index in [1.165, 1.54) is 0 Å². The first-order chi connectivity index (χ1) is 6.38. The molecule has 0 radical (unpaired) electrons. The van der Waals surface area contributed by atoms with Crippen molar-refractivity contribution in [2.24, 2.45) is 4.99 Å². The van der Waals surface area contributed by atoms with Crippen LogP contribution in [0.25, 0.3) is 0 Å². The van der Waals surface area contributed by atoms with Gasteiger partial charge in [0.15, 0.2) is 5.84 Å². The first-order valence-corrected chi connectivity index (χ1v) is 4.11. The molecule has 2 heterocycles. The summed E-state index contributed by atoms with van der Waals surface area (Å²) >= 11 is 0. The van der Waals surface area contributed by atoms with Crippen LogP contribution in [0.5, 0.6) is 0 Å². The van der Waals surface area contributed by atoms with Gasteiger partial charge in [-0.1, -0.05) is 0 Å². The maximum Gasteiger partial charge on any atom is 0.229 e. The molecule has 1 N–H and O–H groups in total. The van der Waals surface area contributed by atoms with E-state index in [2.05, 4.69) is 15.3 Å². The lowest BCUT2D eigenvalue weighted by atomic mass is 10.2. The molecule has 0 fully saturated rings. The van der Waals surface area contributed by atoms with Gasteiger partial charge in [-0.2, -0.15) is 0 Å². The standard InChI is InChI=1S/C9H9N3O/c13-8(9-11-4-5-12-9)7-2-1-3-10-6-7/h1-3,6H,4-5H2,(H,11,12). The van der Waals surface area contributed by atoms with Crippen LogP contribution in [0, 0.1) is 0 Å². The number of nitrogens with zero attached hydrogens (tertiary/aromatic N) is 2. The molecule has 0 saturated heterocycles. The second-order valence-electron chi connectivity index (χ2n) is 2.73. The van der Waals surface area contributed by atoms with E-state index < -0.39 is 0 Å². The molecule has 4 nitrogen and oxygen atoms in total. The third-order valence-corrected chi connectivity index (χ3v) is 1.81. The first-order valence-electron chi connectivity index (χ1n) is 4.11. The topological polar surface area (TPSA) is 54.4 Å². The number of rotatable bonds is 2. The molecule has 0 atom stereocenters. The van der Waals surface area contributed by atoms with E-state index in [-0.39, 0.29) is 5.78 Å². The molecule has 0 spiro atoms. The Balaban J connectivity index is 2.23. The lowest BCUT2D eigenvalue weighted by Crippen LogP contribution is -2.27. The minimum atomic E-state index is -0.0781. The SMILES string of the molecule is O=C(C1=NCCN1)c1cccnc1. The fourth-order valence-corrected chi connectivity index (χ4v) is 1.18. The van der Waals surface area contributed by atoms with Crippen molar-refractivity contribution in [2.45, 2.75) is 0 Å². The highest BCUT2D eigenvalue weighted by atomic mass is 16.1. The van der Waals surface area contributed by atoms with Crippen LogP contribution < -0.4 is 5.32 Å². The van der Waals surface area contributed by atoms with Crippen molar-refractivity contribution in [1.29, 1.82) is 0 Å². The molecule has 0 amide bonds. The zero-order valence-electron chi connectivity index (χ0n) is 7.03. The van der Waals surface area contributed by atoms with Crippen LogP contribution in [0.1, 0.15) is 10.4 Å². The molecule has 0 unspecified atom stereocenters. The highest BCUT2D eigenvalue weighted by Crippen LogP contribution is 2.00. The number of nitrogens with one attached hydrogen (secondary N) is 1. The Labute approximate surface area is 75.7 Å². The number of carbonyl (C=O) groups excluding carboxylic acids is 1. The van der Waals surface area contributed by atoms with Crippen molar-refractivity contribution in [2.75, 3.05) is 13.1 Å². The van der Waals surface area contributed by atoms with Crippen molar-refractivity contribution in [3.05, 3.63) is 30.1 Å². The number of carbonyl (C=O) groups is 1. The third kappa shape index (κ3) is 1.56. The van der Waals surface area contributed by atoms with E-state index in [1.54, 1.807) is 24.5 Å². The Morgan fingerprint density at radius 3 is 3.08 bits per heavy atom. The normalized spacial score (nSPS) is 14.9. The summed E-state index contributed by atoms with van der Waals surface area (Å²) < 4.78 is 0. The summed E-state index contributed by atoms with van der Waals surface area (Å²) in [7, 11) is 0. The predicted molar refractivity (Wildman–Crippen MR) is 48.9 cm³/mol. The molecule has 4 heteroatoms. The van der Waals surface area contributed by atoms with Gasteiger partial charge in [-0.15, -0.1) is 0 Å². The first kappa shape index (κ1) is 7.91. The lowest BCUT2D eigenvalue weighted by Gasteiger charge is -1.99. The zero-order valence-corrected chi connectivity index (χ0v) is 7.03. The number of hydrogen-bond acceptors (Lipinski definition) is 4. The minimum absolute atomic E-state index is 0.0781. The van der Waals surface area contributed by atoms with Crippen molar-refractivity contribution in [1.82, 2.24) is 10.3 Å².